The Labute approximate surface area is 192 Å². The Balaban J connectivity index is 1.47. The molecule has 0 radical (unpaired) electrons. The van der Waals surface area contributed by atoms with Gasteiger partial charge < -0.3 is 9.64 Å². The van der Waals surface area contributed by atoms with Crippen LogP contribution in [0.4, 0.5) is 0 Å². The Morgan fingerprint density at radius 1 is 1.09 bits per heavy atom. The molecule has 2 saturated heterocycles. The van der Waals surface area contributed by atoms with Crippen molar-refractivity contribution in [3.05, 3.63) is 60.4 Å². The van der Waals surface area contributed by atoms with Gasteiger partial charge in [0.1, 0.15) is 5.75 Å². The molecular formula is C24H27N3O4S. The summed E-state index contributed by atoms with van der Waals surface area (Å²) < 4.78 is 5.64. The third kappa shape index (κ3) is 4.80. The van der Waals surface area contributed by atoms with Gasteiger partial charge >= 0.3 is 0 Å². The maximum Gasteiger partial charge on any atom is 0.240 e. The van der Waals surface area contributed by atoms with Crippen molar-refractivity contribution in [2.45, 2.75) is 24.7 Å². The van der Waals surface area contributed by atoms with E-state index < -0.39 is 5.41 Å². The highest BCUT2D eigenvalue weighted by Crippen LogP contribution is 2.40. The molecule has 1 atom stereocenters. The van der Waals surface area contributed by atoms with Crippen molar-refractivity contribution in [2.24, 2.45) is 0 Å². The molecule has 3 heterocycles. The maximum atomic E-state index is 13.6. The fraction of sp³-hybridized carbons (Fsp3) is 0.417. The maximum absolute atomic E-state index is 13.6. The van der Waals surface area contributed by atoms with E-state index in [2.05, 4.69) is 4.98 Å². The van der Waals surface area contributed by atoms with E-state index in [0.717, 1.165) is 17.1 Å². The predicted molar refractivity (Wildman–Crippen MR) is 122 cm³/mol. The molecule has 2 fully saturated rings. The van der Waals surface area contributed by atoms with Crippen LogP contribution in [0.5, 0.6) is 5.75 Å². The number of carbonyl (C=O) groups is 3. The summed E-state index contributed by atoms with van der Waals surface area (Å²) in [6.07, 6.45) is 3.84. The molecule has 3 amide bonds. The van der Waals surface area contributed by atoms with Crippen LogP contribution in [0.2, 0.25) is 0 Å². The van der Waals surface area contributed by atoms with Crippen molar-refractivity contribution in [3.63, 3.8) is 0 Å². The van der Waals surface area contributed by atoms with Gasteiger partial charge in [-0.1, -0.05) is 30.3 Å². The summed E-state index contributed by atoms with van der Waals surface area (Å²) in [5, 5.41) is 0. The largest absolute Gasteiger partial charge is 0.492 e. The molecule has 2 aromatic rings. The third-order valence-corrected chi connectivity index (χ3v) is 6.92. The zero-order valence-corrected chi connectivity index (χ0v) is 18.8. The van der Waals surface area contributed by atoms with Gasteiger partial charge in [0.15, 0.2) is 0 Å². The number of aromatic nitrogens is 1. The number of benzene rings is 1. The van der Waals surface area contributed by atoms with Gasteiger partial charge in [0.05, 0.1) is 18.2 Å². The highest BCUT2D eigenvalue weighted by Gasteiger charge is 2.53. The van der Waals surface area contributed by atoms with E-state index in [9.17, 15) is 14.4 Å². The van der Waals surface area contributed by atoms with Gasteiger partial charge in [0.25, 0.3) is 0 Å². The quantitative estimate of drug-likeness (QED) is 0.451. The number of carbonyl (C=O) groups excluding carboxylic acids is 3. The molecule has 1 aromatic heterocycles. The van der Waals surface area contributed by atoms with Crippen LogP contribution in [0, 0.1) is 0 Å². The normalized spacial score (nSPS) is 21.1. The fourth-order valence-corrected chi connectivity index (χ4v) is 5.18. The van der Waals surface area contributed by atoms with Gasteiger partial charge in [-0.2, -0.15) is 11.8 Å². The molecule has 1 aromatic carbocycles. The smallest absolute Gasteiger partial charge is 0.240 e. The zero-order valence-electron chi connectivity index (χ0n) is 17.9. The van der Waals surface area contributed by atoms with Gasteiger partial charge in [-0.15, -0.1) is 0 Å². The second kappa shape index (κ2) is 10.2. The highest BCUT2D eigenvalue weighted by molar-refractivity contribution is 7.99. The molecule has 2 aliphatic rings. The van der Waals surface area contributed by atoms with Crippen LogP contribution in [-0.4, -0.2) is 70.3 Å². The molecule has 0 saturated carbocycles. The molecule has 8 heteroatoms. The summed E-state index contributed by atoms with van der Waals surface area (Å²) >= 11 is 1.83. The Morgan fingerprint density at radius 2 is 1.88 bits per heavy atom. The van der Waals surface area contributed by atoms with Gasteiger partial charge in [0.2, 0.25) is 17.7 Å². The minimum absolute atomic E-state index is 0.0215. The molecule has 4 rings (SSSR count). The Bertz CT molecular complexity index is 950. The first-order valence-electron chi connectivity index (χ1n) is 10.9. The number of amides is 3. The second-order valence-corrected chi connectivity index (χ2v) is 9.26. The van der Waals surface area contributed by atoms with Crippen LogP contribution < -0.4 is 4.74 Å². The van der Waals surface area contributed by atoms with Gasteiger partial charge in [0, 0.05) is 50.2 Å². The summed E-state index contributed by atoms with van der Waals surface area (Å²) in [4.78, 5) is 46.8. The Hall–Kier alpha value is -2.87. The van der Waals surface area contributed by atoms with Crippen LogP contribution in [0.3, 0.4) is 0 Å². The number of thioether (sulfide) groups is 1. The lowest BCUT2D eigenvalue weighted by Crippen LogP contribution is -2.45. The third-order valence-electron chi connectivity index (χ3n) is 5.98. The SMILES string of the molecule is O=C(CC1(c2ccccc2)CC(=O)N(CCCOc2cccnc2)C1=O)N1CCSCC1. The lowest BCUT2D eigenvalue weighted by Gasteiger charge is -2.32. The molecule has 0 spiro atoms. The molecular weight excluding hydrogens is 426 g/mol. The number of rotatable bonds is 8. The molecule has 32 heavy (non-hydrogen) atoms. The molecule has 0 N–H and O–H groups in total. The first-order valence-corrected chi connectivity index (χ1v) is 12.0. The van der Waals surface area contributed by atoms with E-state index in [4.69, 9.17) is 4.74 Å². The first-order chi connectivity index (χ1) is 15.6. The summed E-state index contributed by atoms with van der Waals surface area (Å²) in [5.41, 5.74) is -0.406. The number of ether oxygens (including phenoxy) is 1. The van der Waals surface area contributed by atoms with E-state index in [1.165, 1.54) is 4.90 Å². The fourth-order valence-electron chi connectivity index (χ4n) is 4.28. The van der Waals surface area contributed by atoms with Crippen LogP contribution in [0.25, 0.3) is 0 Å². The van der Waals surface area contributed by atoms with Crippen molar-refractivity contribution in [3.8, 4) is 5.75 Å². The van der Waals surface area contributed by atoms with E-state index in [1.54, 1.807) is 18.5 Å². The molecule has 1 unspecified atom stereocenters. The number of nitrogens with zero attached hydrogens (tertiary/aromatic N) is 3. The van der Waals surface area contributed by atoms with Crippen molar-refractivity contribution in [1.29, 1.82) is 0 Å². The molecule has 7 nitrogen and oxygen atoms in total. The second-order valence-electron chi connectivity index (χ2n) is 8.04. The predicted octanol–water partition coefficient (Wildman–Crippen LogP) is 2.51. The number of pyridine rings is 1. The van der Waals surface area contributed by atoms with E-state index >= 15 is 0 Å². The summed E-state index contributed by atoms with van der Waals surface area (Å²) in [5.74, 6) is 1.88. The molecule has 2 aliphatic heterocycles. The summed E-state index contributed by atoms with van der Waals surface area (Å²) in [6.45, 7) is 2.00. The van der Waals surface area contributed by atoms with Crippen molar-refractivity contribution >= 4 is 29.5 Å². The standard InChI is InChI=1S/C24H27N3O4S/c28-21(26-11-14-32-15-12-26)16-24(19-6-2-1-3-7-19)17-22(29)27(23(24)30)10-5-13-31-20-8-4-9-25-18-20/h1-4,6-9,18H,5,10-17H2. The number of hydrogen-bond donors (Lipinski definition) is 0. The van der Waals surface area contributed by atoms with E-state index in [0.29, 0.717) is 31.9 Å². The number of likely N-dealkylation sites (tertiary alicyclic amines) is 1. The lowest BCUT2D eigenvalue weighted by atomic mass is 9.75. The number of imide groups is 1. The average molecular weight is 454 g/mol. The van der Waals surface area contributed by atoms with Crippen LogP contribution in [0.15, 0.2) is 54.9 Å². The van der Waals surface area contributed by atoms with Crippen molar-refractivity contribution < 1.29 is 19.1 Å². The van der Waals surface area contributed by atoms with Gasteiger partial charge in [-0.05, 0) is 24.1 Å². The van der Waals surface area contributed by atoms with E-state index in [-0.39, 0.29) is 37.1 Å². The minimum atomic E-state index is -1.13. The monoisotopic (exact) mass is 453 g/mol. The Kier molecular flexibility index (Phi) is 7.09. The Morgan fingerprint density at radius 3 is 2.59 bits per heavy atom. The summed E-state index contributed by atoms with van der Waals surface area (Å²) in [7, 11) is 0. The highest BCUT2D eigenvalue weighted by atomic mass is 32.2. The topological polar surface area (TPSA) is 79.8 Å². The number of hydrogen-bond acceptors (Lipinski definition) is 6. The molecule has 168 valence electrons. The van der Waals surface area contributed by atoms with Crippen LogP contribution >= 0.6 is 11.8 Å². The average Bonchev–Trinajstić information content (AvgIpc) is 3.08. The zero-order chi connectivity index (χ0) is 22.4. The van der Waals surface area contributed by atoms with Crippen LogP contribution in [0.1, 0.15) is 24.8 Å². The first kappa shape index (κ1) is 22.3. The lowest BCUT2D eigenvalue weighted by molar-refractivity contribution is -0.142. The molecule has 0 bridgehead atoms. The molecule has 0 aliphatic carbocycles. The minimum Gasteiger partial charge on any atom is -0.492 e. The van der Waals surface area contributed by atoms with Gasteiger partial charge in [-0.3, -0.25) is 24.3 Å². The van der Waals surface area contributed by atoms with Crippen molar-refractivity contribution in [2.75, 3.05) is 37.7 Å². The van der Waals surface area contributed by atoms with Crippen molar-refractivity contribution in [1.82, 2.24) is 14.8 Å². The van der Waals surface area contributed by atoms with Crippen LogP contribution in [-0.2, 0) is 19.8 Å². The van der Waals surface area contributed by atoms with E-state index in [1.807, 2.05) is 53.1 Å². The summed E-state index contributed by atoms with van der Waals surface area (Å²) in [6, 6.07) is 12.9. The van der Waals surface area contributed by atoms with Gasteiger partial charge in [-0.25, -0.2) is 0 Å².